The molecule has 0 radical (unpaired) electrons. The Balaban J connectivity index is 2.47. The highest BCUT2D eigenvalue weighted by atomic mass is 16.5. The Morgan fingerprint density at radius 3 is 2.88 bits per heavy atom. The van der Waals surface area contributed by atoms with Crippen LogP contribution in [0.5, 0.6) is 0 Å². The molecule has 16 heavy (non-hydrogen) atoms. The highest BCUT2D eigenvalue weighted by Crippen LogP contribution is 2.19. The standard InChI is InChI=1S/C12H21NO3/c1-4-10(8-15-3)13-9-12(2,14)11-6-5-7-16-11/h5-7,10,13-14H,4,8-9H2,1-3H3. The smallest absolute Gasteiger partial charge is 0.136 e. The third kappa shape index (κ3) is 3.63. The molecule has 0 amide bonds. The van der Waals surface area contributed by atoms with E-state index in [0.29, 0.717) is 18.9 Å². The lowest BCUT2D eigenvalue weighted by atomic mass is 10.0. The summed E-state index contributed by atoms with van der Waals surface area (Å²) in [6.45, 7) is 4.91. The van der Waals surface area contributed by atoms with Crippen LogP contribution in [0.1, 0.15) is 26.0 Å². The molecule has 2 atom stereocenters. The lowest BCUT2D eigenvalue weighted by Crippen LogP contribution is -2.42. The lowest BCUT2D eigenvalue weighted by molar-refractivity contribution is 0.0278. The average molecular weight is 227 g/mol. The summed E-state index contributed by atoms with van der Waals surface area (Å²) >= 11 is 0. The van der Waals surface area contributed by atoms with Gasteiger partial charge < -0.3 is 19.6 Å². The molecule has 0 aliphatic rings. The molecule has 1 rings (SSSR count). The maximum atomic E-state index is 10.2. The van der Waals surface area contributed by atoms with Gasteiger partial charge in [0.1, 0.15) is 11.4 Å². The van der Waals surface area contributed by atoms with Gasteiger partial charge in [-0.1, -0.05) is 6.92 Å². The molecule has 0 aliphatic heterocycles. The van der Waals surface area contributed by atoms with Crippen molar-refractivity contribution >= 4 is 0 Å². The van der Waals surface area contributed by atoms with E-state index in [2.05, 4.69) is 12.2 Å². The summed E-state index contributed by atoms with van der Waals surface area (Å²) in [7, 11) is 1.68. The molecule has 4 heteroatoms. The van der Waals surface area contributed by atoms with Gasteiger partial charge in [-0.3, -0.25) is 0 Å². The monoisotopic (exact) mass is 227 g/mol. The van der Waals surface area contributed by atoms with Crippen LogP contribution in [-0.4, -0.2) is 31.4 Å². The molecule has 0 fully saturated rings. The fourth-order valence-corrected chi connectivity index (χ4v) is 1.54. The summed E-state index contributed by atoms with van der Waals surface area (Å²) < 4.78 is 10.3. The van der Waals surface area contributed by atoms with Crippen LogP contribution >= 0.6 is 0 Å². The minimum Gasteiger partial charge on any atom is -0.466 e. The van der Waals surface area contributed by atoms with Gasteiger partial charge in [0.25, 0.3) is 0 Å². The van der Waals surface area contributed by atoms with Crippen LogP contribution in [-0.2, 0) is 10.3 Å². The van der Waals surface area contributed by atoms with E-state index in [1.165, 1.54) is 0 Å². The first kappa shape index (κ1) is 13.2. The third-order valence-corrected chi connectivity index (χ3v) is 2.65. The van der Waals surface area contributed by atoms with Crippen molar-refractivity contribution in [2.45, 2.75) is 31.9 Å². The number of aliphatic hydroxyl groups is 1. The van der Waals surface area contributed by atoms with Crippen LogP contribution in [0.25, 0.3) is 0 Å². The largest absolute Gasteiger partial charge is 0.466 e. The molecule has 92 valence electrons. The number of ether oxygens (including phenoxy) is 1. The number of hydrogen-bond acceptors (Lipinski definition) is 4. The molecule has 0 spiro atoms. The van der Waals surface area contributed by atoms with Crippen molar-refractivity contribution in [2.75, 3.05) is 20.3 Å². The number of rotatable bonds is 7. The maximum absolute atomic E-state index is 10.2. The molecule has 4 nitrogen and oxygen atoms in total. The predicted octanol–water partition coefficient (Wildman–Crippen LogP) is 1.50. The van der Waals surface area contributed by atoms with Gasteiger partial charge >= 0.3 is 0 Å². The van der Waals surface area contributed by atoms with Gasteiger partial charge in [0.05, 0.1) is 12.9 Å². The molecule has 2 unspecified atom stereocenters. The number of methoxy groups -OCH3 is 1. The van der Waals surface area contributed by atoms with Crippen LogP contribution in [0.3, 0.4) is 0 Å². The molecule has 0 aliphatic carbocycles. The summed E-state index contributed by atoms with van der Waals surface area (Å²) in [5, 5.41) is 13.5. The van der Waals surface area contributed by atoms with Gasteiger partial charge in [-0.15, -0.1) is 0 Å². The Labute approximate surface area is 96.6 Å². The van der Waals surface area contributed by atoms with Crippen molar-refractivity contribution < 1.29 is 14.3 Å². The van der Waals surface area contributed by atoms with Gasteiger partial charge in [-0.25, -0.2) is 0 Å². The Bertz CT molecular complexity index is 282. The Morgan fingerprint density at radius 2 is 2.38 bits per heavy atom. The van der Waals surface area contributed by atoms with Crippen molar-refractivity contribution in [2.24, 2.45) is 0 Å². The first-order valence-corrected chi connectivity index (χ1v) is 5.59. The van der Waals surface area contributed by atoms with Gasteiger partial charge in [-0.05, 0) is 25.5 Å². The van der Waals surface area contributed by atoms with E-state index in [-0.39, 0.29) is 6.04 Å². The van der Waals surface area contributed by atoms with Crippen molar-refractivity contribution in [3.05, 3.63) is 24.2 Å². The summed E-state index contributed by atoms with van der Waals surface area (Å²) in [5.41, 5.74) is -0.981. The molecular formula is C12H21NO3. The predicted molar refractivity (Wildman–Crippen MR) is 62.2 cm³/mol. The number of furan rings is 1. The molecule has 0 saturated heterocycles. The second-order valence-electron chi connectivity index (χ2n) is 4.19. The Kier molecular flexibility index (Phi) is 4.99. The zero-order valence-electron chi connectivity index (χ0n) is 10.2. The molecular weight excluding hydrogens is 206 g/mol. The van der Waals surface area contributed by atoms with Crippen LogP contribution in [0.15, 0.2) is 22.8 Å². The highest BCUT2D eigenvalue weighted by molar-refractivity contribution is 5.08. The summed E-state index contributed by atoms with van der Waals surface area (Å²) in [6.07, 6.45) is 2.53. The van der Waals surface area contributed by atoms with Crippen LogP contribution in [0.4, 0.5) is 0 Å². The molecule has 0 saturated carbocycles. The molecule has 0 bridgehead atoms. The van der Waals surface area contributed by atoms with Crippen LogP contribution in [0.2, 0.25) is 0 Å². The van der Waals surface area contributed by atoms with Crippen molar-refractivity contribution in [3.63, 3.8) is 0 Å². The second kappa shape index (κ2) is 6.03. The lowest BCUT2D eigenvalue weighted by Gasteiger charge is -2.24. The summed E-state index contributed by atoms with van der Waals surface area (Å²) in [5.74, 6) is 0.576. The van der Waals surface area contributed by atoms with Gasteiger partial charge in [0.2, 0.25) is 0 Å². The number of nitrogens with one attached hydrogen (secondary N) is 1. The fourth-order valence-electron chi connectivity index (χ4n) is 1.54. The first-order chi connectivity index (χ1) is 7.60. The number of hydrogen-bond donors (Lipinski definition) is 2. The Morgan fingerprint density at radius 1 is 1.62 bits per heavy atom. The van der Waals surface area contributed by atoms with Gasteiger partial charge in [0.15, 0.2) is 0 Å². The third-order valence-electron chi connectivity index (χ3n) is 2.65. The minimum absolute atomic E-state index is 0.256. The summed E-state index contributed by atoms with van der Waals surface area (Å²) in [4.78, 5) is 0. The molecule has 1 aromatic heterocycles. The quantitative estimate of drug-likeness (QED) is 0.741. The van der Waals surface area contributed by atoms with E-state index >= 15 is 0 Å². The molecule has 2 N–H and O–H groups in total. The summed E-state index contributed by atoms with van der Waals surface area (Å²) in [6, 6.07) is 3.81. The van der Waals surface area contributed by atoms with E-state index in [1.54, 1.807) is 32.4 Å². The van der Waals surface area contributed by atoms with Crippen LogP contribution < -0.4 is 5.32 Å². The minimum atomic E-state index is -0.981. The molecule has 1 heterocycles. The molecule has 0 aromatic carbocycles. The van der Waals surface area contributed by atoms with Gasteiger partial charge in [0, 0.05) is 19.7 Å². The SMILES string of the molecule is CCC(COC)NCC(C)(O)c1ccco1. The highest BCUT2D eigenvalue weighted by Gasteiger charge is 2.26. The van der Waals surface area contributed by atoms with E-state index < -0.39 is 5.60 Å². The first-order valence-electron chi connectivity index (χ1n) is 5.59. The van der Waals surface area contributed by atoms with E-state index in [0.717, 1.165) is 6.42 Å². The van der Waals surface area contributed by atoms with Crippen molar-refractivity contribution in [3.8, 4) is 0 Å². The topological polar surface area (TPSA) is 54.6 Å². The van der Waals surface area contributed by atoms with E-state index in [9.17, 15) is 5.11 Å². The second-order valence-corrected chi connectivity index (χ2v) is 4.19. The Hall–Kier alpha value is -0.840. The normalized spacial score (nSPS) is 17.0. The zero-order chi connectivity index (χ0) is 12.0. The molecule has 1 aromatic rings. The van der Waals surface area contributed by atoms with Crippen molar-refractivity contribution in [1.29, 1.82) is 0 Å². The maximum Gasteiger partial charge on any atom is 0.136 e. The van der Waals surface area contributed by atoms with Crippen LogP contribution in [0, 0.1) is 0 Å². The van der Waals surface area contributed by atoms with Gasteiger partial charge in [-0.2, -0.15) is 0 Å². The zero-order valence-corrected chi connectivity index (χ0v) is 10.2. The van der Waals surface area contributed by atoms with Crippen molar-refractivity contribution in [1.82, 2.24) is 5.32 Å². The average Bonchev–Trinajstić information content (AvgIpc) is 2.78. The fraction of sp³-hybridized carbons (Fsp3) is 0.667. The van der Waals surface area contributed by atoms with E-state index in [1.807, 2.05) is 0 Å². The van der Waals surface area contributed by atoms with E-state index in [4.69, 9.17) is 9.15 Å².